The maximum Gasteiger partial charge on any atom is 0.257 e. The number of nitrogens with zero attached hydrogens (tertiary/aromatic N) is 5. The number of rotatable bonds is 6. The van der Waals surface area contributed by atoms with Crippen LogP contribution in [0.4, 0.5) is 17.3 Å². The van der Waals surface area contributed by atoms with Crippen molar-refractivity contribution in [3.63, 3.8) is 0 Å². The molecule has 2 aromatic heterocycles. The number of likely N-dealkylation sites (tertiary alicyclic amines) is 1. The van der Waals surface area contributed by atoms with Crippen LogP contribution in [0.5, 0.6) is 0 Å². The predicted molar refractivity (Wildman–Crippen MR) is 187 cm³/mol. The third-order valence-electron chi connectivity index (χ3n) is 10.8. The highest BCUT2D eigenvalue weighted by Gasteiger charge is 2.49. The monoisotopic (exact) mass is 655 g/mol. The summed E-state index contributed by atoms with van der Waals surface area (Å²) >= 11 is 0. The lowest BCUT2D eigenvalue weighted by Crippen LogP contribution is -2.49. The Kier molecular flexibility index (Phi) is 8.34. The van der Waals surface area contributed by atoms with Gasteiger partial charge in [0.25, 0.3) is 5.56 Å². The van der Waals surface area contributed by atoms with E-state index in [0.29, 0.717) is 34.5 Å². The van der Waals surface area contributed by atoms with E-state index >= 15 is 0 Å². The van der Waals surface area contributed by atoms with Crippen molar-refractivity contribution >= 4 is 38.2 Å². The molecule has 3 aliphatic heterocycles. The van der Waals surface area contributed by atoms with Gasteiger partial charge in [0.15, 0.2) is 9.84 Å². The molecule has 0 bridgehead atoms. The maximum atomic E-state index is 14.7. The highest BCUT2D eigenvalue weighted by Crippen LogP contribution is 2.44. The molecule has 0 radical (unpaired) electrons. The standard InChI is InChI=1S/C36H45N7O3S/c1-36(2)32(22-24-9-5-6-11-31(24)47(36,45)46)43-33-25(21-29(34(43)44)30-10-7-8-20-41(30)3)23-38-35(40-33)39-26-12-14-27(15-13-26)42(4)28-16-18-37-19-17-28/h5-6,9,11-15,21,23,28,30,32,37H,7-8,10,16-20,22H2,1-4H3,(H,38,39,40). The second-order valence-corrected chi connectivity index (χ2v) is 16.4. The topological polar surface area (TPSA) is 112 Å². The zero-order valence-electron chi connectivity index (χ0n) is 27.7. The molecule has 2 N–H and O–H groups in total. The SMILES string of the molecule is CN1CCCCC1c1cc2cnc(Nc3ccc(N(C)C4CCNCC4)cc3)nc2n(C2Cc3ccccc3S(=O)(=O)C2(C)C)c1=O. The van der Waals surface area contributed by atoms with E-state index in [1.807, 2.05) is 30.3 Å². The Morgan fingerprint density at radius 2 is 1.77 bits per heavy atom. The van der Waals surface area contributed by atoms with Crippen LogP contribution in [0.15, 0.2) is 70.5 Å². The molecule has 0 saturated carbocycles. The normalized spacial score (nSPS) is 22.9. The fraction of sp³-hybridized carbons (Fsp3) is 0.472. The Balaban J connectivity index is 1.31. The Hall–Kier alpha value is -3.80. The zero-order valence-corrected chi connectivity index (χ0v) is 28.6. The number of nitrogens with one attached hydrogen (secondary N) is 2. The van der Waals surface area contributed by atoms with Crippen LogP contribution in [0, 0.1) is 0 Å². The molecule has 0 aliphatic carbocycles. The molecule has 2 unspecified atom stereocenters. The molecule has 10 nitrogen and oxygen atoms in total. The van der Waals surface area contributed by atoms with Crippen molar-refractivity contribution < 1.29 is 8.42 Å². The predicted octanol–water partition coefficient (Wildman–Crippen LogP) is 5.23. The molecule has 4 aromatic rings. The number of hydrogen-bond acceptors (Lipinski definition) is 9. The largest absolute Gasteiger partial charge is 0.372 e. The van der Waals surface area contributed by atoms with E-state index in [-0.39, 0.29) is 11.6 Å². The number of benzene rings is 2. The van der Waals surface area contributed by atoms with Crippen LogP contribution in [-0.2, 0) is 16.3 Å². The molecule has 0 spiro atoms. The summed E-state index contributed by atoms with van der Waals surface area (Å²) < 4.78 is 28.6. The van der Waals surface area contributed by atoms with Gasteiger partial charge in [-0.1, -0.05) is 24.6 Å². The molecule has 2 fully saturated rings. The van der Waals surface area contributed by atoms with Gasteiger partial charge in [0.1, 0.15) is 5.65 Å². The van der Waals surface area contributed by atoms with Gasteiger partial charge in [0, 0.05) is 47.7 Å². The summed E-state index contributed by atoms with van der Waals surface area (Å²) in [6.07, 6.45) is 7.39. The highest BCUT2D eigenvalue weighted by atomic mass is 32.2. The van der Waals surface area contributed by atoms with Gasteiger partial charge >= 0.3 is 0 Å². The Morgan fingerprint density at radius 3 is 2.51 bits per heavy atom. The van der Waals surface area contributed by atoms with Crippen molar-refractivity contribution in [3.8, 4) is 0 Å². The third-order valence-corrected chi connectivity index (χ3v) is 13.4. The van der Waals surface area contributed by atoms with Crippen LogP contribution in [0.2, 0.25) is 0 Å². The first-order chi connectivity index (χ1) is 22.6. The lowest BCUT2D eigenvalue weighted by atomic mass is 9.92. The van der Waals surface area contributed by atoms with Crippen LogP contribution >= 0.6 is 0 Å². The molecule has 248 valence electrons. The fourth-order valence-electron chi connectivity index (χ4n) is 7.76. The van der Waals surface area contributed by atoms with E-state index in [1.165, 1.54) is 0 Å². The molecule has 47 heavy (non-hydrogen) atoms. The minimum Gasteiger partial charge on any atom is -0.372 e. The highest BCUT2D eigenvalue weighted by molar-refractivity contribution is 7.93. The van der Waals surface area contributed by atoms with Gasteiger partial charge in [-0.3, -0.25) is 14.3 Å². The minimum atomic E-state index is -3.77. The average molecular weight is 656 g/mol. The number of fused-ring (bicyclic) bond motifs is 2. The van der Waals surface area contributed by atoms with Crippen molar-refractivity contribution in [3.05, 3.63) is 82.3 Å². The van der Waals surface area contributed by atoms with E-state index in [4.69, 9.17) is 4.98 Å². The molecule has 7 rings (SSSR count). The van der Waals surface area contributed by atoms with Crippen molar-refractivity contribution in [1.29, 1.82) is 0 Å². The number of pyridine rings is 1. The molecule has 2 aromatic carbocycles. The summed E-state index contributed by atoms with van der Waals surface area (Å²) in [6.45, 7) is 6.46. The van der Waals surface area contributed by atoms with E-state index in [9.17, 15) is 13.2 Å². The fourth-order valence-corrected chi connectivity index (χ4v) is 9.63. The van der Waals surface area contributed by atoms with Crippen LogP contribution in [-0.4, -0.2) is 72.4 Å². The minimum absolute atomic E-state index is 0.0539. The van der Waals surface area contributed by atoms with Gasteiger partial charge < -0.3 is 15.5 Å². The van der Waals surface area contributed by atoms with Crippen molar-refractivity contribution in [2.45, 2.75) is 80.1 Å². The summed E-state index contributed by atoms with van der Waals surface area (Å²) in [5.74, 6) is 0.351. The molecule has 2 saturated heterocycles. The maximum absolute atomic E-state index is 14.7. The van der Waals surface area contributed by atoms with Crippen molar-refractivity contribution in [2.75, 3.05) is 43.9 Å². The summed E-state index contributed by atoms with van der Waals surface area (Å²) in [5.41, 5.74) is 3.62. The molecule has 3 aliphatic rings. The lowest BCUT2D eigenvalue weighted by Gasteiger charge is -2.40. The first-order valence-electron chi connectivity index (χ1n) is 16.8. The average Bonchev–Trinajstić information content (AvgIpc) is 3.08. The lowest BCUT2D eigenvalue weighted by molar-refractivity contribution is 0.185. The number of hydrogen-bond donors (Lipinski definition) is 2. The molecule has 5 heterocycles. The Bertz CT molecular complexity index is 1950. The van der Waals surface area contributed by atoms with Crippen molar-refractivity contribution in [1.82, 2.24) is 24.8 Å². The van der Waals surface area contributed by atoms with Gasteiger partial charge in [-0.05, 0) is 115 Å². The zero-order chi connectivity index (χ0) is 32.9. The van der Waals surface area contributed by atoms with Crippen LogP contribution in [0.25, 0.3) is 11.0 Å². The van der Waals surface area contributed by atoms with Crippen LogP contribution in [0.3, 0.4) is 0 Å². The number of anilines is 3. The van der Waals surface area contributed by atoms with Crippen molar-refractivity contribution in [2.24, 2.45) is 0 Å². The number of sulfone groups is 1. The van der Waals surface area contributed by atoms with E-state index in [2.05, 4.69) is 51.6 Å². The van der Waals surface area contributed by atoms with Gasteiger partial charge in [0.05, 0.1) is 15.7 Å². The molecule has 0 amide bonds. The Morgan fingerprint density at radius 1 is 1.02 bits per heavy atom. The first kappa shape index (κ1) is 31.8. The van der Waals surface area contributed by atoms with E-state index in [0.717, 1.165) is 74.1 Å². The Labute approximate surface area is 277 Å². The quantitative estimate of drug-likeness (QED) is 0.288. The smallest absolute Gasteiger partial charge is 0.257 e. The first-order valence-corrected chi connectivity index (χ1v) is 18.3. The second kappa shape index (κ2) is 12.3. The number of aromatic nitrogens is 3. The number of piperidine rings is 2. The van der Waals surface area contributed by atoms with Gasteiger partial charge in [-0.2, -0.15) is 4.98 Å². The molecular weight excluding hydrogens is 611 g/mol. The summed E-state index contributed by atoms with van der Waals surface area (Å²) in [7, 11) is 0.439. The van der Waals surface area contributed by atoms with Gasteiger partial charge in [-0.15, -0.1) is 0 Å². The third kappa shape index (κ3) is 5.62. The molecular formula is C36H45N7O3S. The summed E-state index contributed by atoms with van der Waals surface area (Å²) in [5, 5.41) is 7.48. The molecule has 2 atom stereocenters. The van der Waals surface area contributed by atoms with Crippen LogP contribution in [0.1, 0.15) is 69.2 Å². The summed E-state index contributed by atoms with van der Waals surface area (Å²) in [6, 6.07) is 17.1. The van der Waals surface area contributed by atoms with Crippen LogP contribution < -0.4 is 21.1 Å². The van der Waals surface area contributed by atoms with E-state index in [1.54, 1.807) is 36.7 Å². The van der Waals surface area contributed by atoms with Gasteiger partial charge in [0.2, 0.25) is 5.95 Å². The van der Waals surface area contributed by atoms with Gasteiger partial charge in [-0.25, -0.2) is 13.4 Å². The van der Waals surface area contributed by atoms with E-state index < -0.39 is 20.6 Å². The second-order valence-electron chi connectivity index (χ2n) is 13.9. The summed E-state index contributed by atoms with van der Waals surface area (Å²) in [4.78, 5) is 29.2. The molecule has 11 heteroatoms.